The molecule has 1 rings (SSSR count). The van der Waals surface area contributed by atoms with E-state index in [9.17, 15) is 0 Å². The molecule has 0 atom stereocenters. The normalized spacial score (nSPS) is 11.3. The minimum Gasteiger partial charge on any atom is -0.419 e. The Kier molecular flexibility index (Phi) is 5.57. The van der Waals surface area contributed by atoms with Crippen molar-refractivity contribution in [2.45, 2.75) is 33.1 Å². The molecule has 0 bridgehead atoms. The van der Waals surface area contributed by atoms with Crippen molar-refractivity contribution in [1.29, 1.82) is 0 Å². The van der Waals surface area contributed by atoms with Gasteiger partial charge in [-0.1, -0.05) is 44.5 Å². The Balaban J connectivity index is 2.41. The molecule has 0 fully saturated rings. The molecule has 0 aliphatic rings. The molecule has 0 N–H and O–H groups in total. The smallest absolute Gasteiger partial charge is 0.192 e. The Morgan fingerprint density at radius 3 is 2.71 bits per heavy atom. The summed E-state index contributed by atoms with van der Waals surface area (Å²) < 4.78 is 5.74. The summed E-state index contributed by atoms with van der Waals surface area (Å²) in [6.07, 6.45) is 3.55. The first kappa shape index (κ1) is 11.5. The van der Waals surface area contributed by atoms with E-state index in [1.54, 1.807) is 0 Å². The zero-order valence-electron chi connectivity index (χ0n) is 9.25. The summed E-state index contributed by atoms with van der Waals surface area (Å²) in [5, 5.41) is 1.48. The van der Waals surface area contributed by atoms with Gasteiger partial charge in [-0.25, -0.2) is 0 Å². The summed E-state index contributed by atoms with van der Waals surface area (Å²) >= 11 is 0. The summed E-state index contributed by atoms with van der Waals surface area (Å²) in [5.74, 6) is 0. The predicted molar refractivity (Wildman–Crippen MR) is 64.9 cm³/mol. The van der Waals surface area contributed by atoms with E-state index in [-0.39, 0.29) is 0 Å². The molecular weight excluding hydrogens is 188 g/mol. The van der Waals surface area contributed by atoms with E-state index in [0.29, 0.717) is 0 Å². The molecule has 0 saturated carbocycles. The SMILES string of the molecule is CCCCO[SiH2]c1ccccc1CC. The first-order valence-electron chi connectivity index (χ1n) is 5.53. The molecule has 0 aliphatic heterocycles. The van der Waals surface area contributed by atoms with Gasteiger partial charge in [-0.3, -0.25) is 0 Å². The highest BCUT2D eigenvalue weighted by Crippen LogP contribution is 1.96. The lowest BCUT2D eigenvalue weighted by molar-refractivity contribution is 0.332. The van der Waals surface area contributed by atoms with E-state index in [1.807, 2.05) is 0 Å². The molecule has 78 valence electrons. The number of rotatable bonds is 6. The maximum atomic E-state index is 5.74. The van der Waals surface area contributed by atoms with Crippen molar-refractivity contribution in [2.75, 3.05) is 6.61 Å². The number of unbranched alkanes of at least 4 members (excludes halogenated alkanes) is 1. The number of aryl methyl sites for hydroxylation is 1. The molecule has 0 saturated heterocycles. The third-order valence-corrected chi connectivity index (χ3v) is 3.89. The van der Waals surface area contributed by atoms with Crippen molar-refractivity contribution in [3.8, 4) is 0 Å². The number of hydrogen-bond donors (Lipinski definition) is 0. The van der Waals surface area contributed by atoms with E-state index >= 15 is 0 Å². The van der Waals surface area contributed by atoms with Gasteiger partial charge < -0.3 is 4.43 Å². The van der Waals surface area contributed by atoms with Crippen molar-refractivity contribution in [3.63, 3.8) is 0 Å². The molecule has 2 heteroatoms. The number of hydrogen-bond acceptors (Lipinski definition) is 1. The highest BCUT2D eigenvalue weighted by atomic mass is 28.2. The van der Waals surface area contributed by atoms with Gasteiger partial charge >= 0.3 is 0 Å². The fourth-order valence-corrected chi connectivity index (χ4v) is 2.83. The Bertz CT molecular complexity index is 260. The fourth-order valence-electron chi connectivity index (χ4n) is 1.47. The van der Waals surface area contributed by atoms with E-state index in [0.717, 1.165) is 13.0 Å². The Hall–Kier alpha value is -0.603. The lowest BCUT2D eigenvalue weighted by atomic mass is 10.2. The molecule has 0 spiro atoms. The average molecular weight is 208 g/mol. The van der Waals surface area contributed by atoms with E-state index < -0.39 is 9.76 Å². The van der Waals surface area contributed by atoms with Gasteiger partial charge in [0.1, 0.15) is 0 Å². The van der Waals surface area contributed by atoms with E-state index in [1.165, 1.54) is 23.6 Å². The quantitative estimate of drug-likeness (QED) is 0.511. The van der Waals surface area contributed by atoms with Crippen molar-refractivity contribution >= 4 is 14.9 Å². The molecule has 0 heterocycles. The van der Waals surface area contributed by atoms with Crippen molar-refractivity contribution in [2.24, 2.45) is 0 Å². The second-order valence-corrected chi connectivity index (χ2v) is 4.99. The molecule has 0 aromatic heterocycles. The largest absolute Gasteiger partial charge is 0.419 e. The minimum atomic E-state index is -0.472. The van der Waals surface area contributed by atoms with Crippen LogP contribution < -0.4 is 5.19 Å². The zero-order valence-corrected chi connectivity index (χ0v) is 10.7. The summed E-state index contributed by atoms with van der Waals surface area (Å²) in [5.41, 5.74) is 1.47. The standard InChI is InChI=1S/C12H20OSi/c1-3-5-10-13-14-12-9-7-6-8-11(12)4-2/h6-9H,3-5,10,14H2,1-2H3. The molecule has 0 unspecified atom stereocenters. The highest BCUT2D eigenvalue weighted by molar-refractivity contribution is 6.47. The predicted octanol–water partition coefficient (Wildman–Crippen LogP) is 1.77. The first-order chi connectivity index (χ1) is 6.88. The van der Waals surface area contributed by atoms with Crippen LogP contribution in [-0.2, 0) is 10.8 Å². The summed E-state index contributed by atoms with van der Waals surface area (Å²) in [6, 6.07) is 8.66. The Morgan fingerprint density at radius 1 is 1.21 bits per heavy atom. The first-order valence-corrected chi connectivity index (χ1v) is 6.81. The second-order valence-electron chi connectivity index (χ2n) is 3.53. The van der Waals surface area contributed by atoms with Crippen LogP contribution in [0, 0.1) is 0 Å². The molecular formula is C12H20OSi. The van der Waals surface area contributed by atoms with Crippen LogP contribution in [0.15, 0.2) is 24.3 Å². The van der Waals surface area contributed by atoms with Crippen LogP contribution in [0.25, 0.3) is 0 Å². The topological polar surface area (TPSA) is 9.23 Å². The molecule has 1 aromatic rings. The van der Waals surface area contributed by atoms with Crippen LogP contribution in [0.4, 0.5) is 0 Å². The van der Waals surface area contributed by atoms with Crippen LogP contribution in [-0.4, -0.2) is 16.4 Å². The Morgan fingerprint density at radius 2 is 2.00 bits per heavy atom. The molecule has 0 amide bonds. The monoisotopic (exact) mass is 208 g/mol. The van der Waals surface area contributed by atoms with Gasteiger partial charge in [0.25, 0.3) is 0 Å². The third kappa shape index (κ3) is 3.64. The van der Waals surface area contributed by atoms with Crippen LogP contribution in [0.3, 0.4) is 0 Å². The van der Waals surface area contributed by atoms with Crippen LogP contribution in [0.1, 0.15) is 32.3 Å². The average Bonchev–Trinajstić information content (AvgIpc) is 2.25. The summed E-state index contributed by atoms with van der Waals surface area (Å²) in [6.45, 7) is 5.35. The van der Waals surface area contributed by atoms with Gasteiger partial charge in [0.15, 0.2) is 9.76 Å². The molecule has 0 aliphatic carbocycles. The Labute approximate surface area is 89.4 Å². The van der Waals surface area contributed by atoms with Crippen molar-refractivity contribution in [1.82, 2.24) is 0 Å². The molecule has 14 heavy (non-hydrogen) atoms. The lowest BCUT2D eigenvalue weighted by Gasteiger charge is -2.07. The van der Waals surface area contributed by atoms with Gasteiger partial charge in [-0.15, -0.1) is 0 Å². The summed E-state index contributed by atoms with van der Waals surface area (Å²) in [4.78, 5) is 0. The lowest BCUT2D eigenvalue weighted by Crippen LogP contribution is -2.21. The number of benzene rings is 1. The maximum Gasteiger partial charge on any atom is 0.192 e. The fraction of sp³-hybridized carbons (Fsp3) is 0.500. The van der Waals surface area contributed by atoms with Crippen LogP contribution in [0.5, 0.6) is 0 Å². The van der Waals surface area contributed by atoms with Gasteiger partial charge in [-0.2, -0.15) is 0 Å². The van der Waals surface area contributed by atoms with Gasteiger partial charge in [0.2, 0.25) is 0 Å². The molecule has 0 radical (unpaired) electrons. The zero-order chi connectivity index (χ0) is 10.2. The molecule has 1 aromatic carbocycles. The third-order valence-electron chi connectivity index (χ3n) is 2.40. The van der Waals surface area contributed by atoms with Crippen LogP contribution >= 0.6 is 0 Å². The second kappa shape index (κ2) is 6.79. The van der Waals surface area contributed by atoms with Crippen molar-refractivity contribution in [3.05, 3.63) is 29.8 Å². The maximum absolute atomic E-state index is 5.74. The molecule has 1 nitrogen and oxygen atoms in total. The van der Waals surface area contributed by atoms with Gasteiger partial charge in [0, 0.05) is 6.61 Å². The van der Waals surface area contributed by atoms with Crippen LogP contribution in [0.2, 0.25) is 0 Å². The highest BCUT2D eigenvalue weighted by Gasteiger charge is 1.99. The van der Waals surface area contributed by atoms with Gasteiger partial charge in [0.05, 0.1) is 0 Å². The van der Waals surface area contributed by atoms with Crippen molar-refractivity contribution < 1.29 is 4.43 Å². The van der Waals surface area contributed by atoms with E-state index in [4.69, 9.17) is 4.43 Å². The summed E-state index contributed by atoms with van der Waals surface area (Å²) in [7, 11) is -0.472. The van der Waals surface area contributed by atoms with E-state index in [2.05, 4.69) is 38.1 Å². The minimum absolute atomic E-state index is 0.472. The van der Waals surface area contributed by atoms with Gasteiger partial charge in [-0.05, 0) is 23.6 Å².